The molecule has 134 valence electrons. The predicted molar refractivity (Wildman–Crippen MR) is 89.6 cm³/mol. The highest BCUT2D eigenvalue weighted by molar-refractivity contribution is 5.83. The summed E-state index contributed by atoms with van der Waals surface area (Å²) in [5.74, 6) is -1.51. The van der Waals surface area contributed by atoms with E-state index in [0.29, 0.717) is 12.1 Å². The van der Waals surface area contributed by atoms with Gasteiger partial charge in [0.05, 0.1) is 0 Å². The second-order valence-electron chi connectivity index (χ2n) is 5.97. The molecular weight excluding hydrogens is 326 g/mol. The number of aromatic nitrogens is 2. The number of hydrogen-bond donors (Lipinski definition) is 1. The number of esters is 1. The van der Waals surface area contributed by atoms with Crippen molar-refractivity contribution in [1.82, 2.24) is 15.1 Å². The van der Waals surface area contributed by atoms with Crippen molar-refractivity contribution in [2.24, 2.45) is 5.92 Å². The molecule has 0 saturated heterocycles. The maximum atomic E-state index is 11.9. The summed E-state index contributed by atoms with van der Waals surface area (Å²) in [4.78, 5) is 35.5. The molecule has 0 aliphatic rings. The zero-order valence-electron chi connectivity index (χ0n) is 14.4. The quantitative estimate of drug-likeness (QED) is 0.755. The first-order chi connectivity index (χ1) is 11.9. The van der Waals surface area contributed by atoms with Crippen LogP contribution in [0.25, 0.3) is 11.5 Å². The molecule has 0 bridgehead atoms. The Hall–Kier alpha value is -2.90. The third-order valence-corrected chi connectivity index (χ3v) is 3.27. The van der Waals surface area contributed by atoms with Gasteiger partial charge in [0, 0.05) is 12.1 Å². The Morgan fingerprint density at radius 2 is 1.92 bits per heavy atom. The van der Waals surface area contributed by atoms with E-state index in [1.165, 1.54) is 6.92 Å². The van der Waals surface area contributed by atoms with Crippen molar-refractivity contribution in [2.45, 2.75) is 33.4 Å². The molecule has 0 fully saturated rings. The molecule has 0 spiro atoms. The minimum absolute atomic E-state index is 0.112. The van der Waals surface area contributed by atoms with E-state index < -0.39 is 24.4 Å². The number of amides is 1. The van der Waals surface area contributed by atoms with Crippen LogP contribution in [0.4, 0.5) is 0 Å². The van der Waals surface area contributed by atoms with Crippen LogP contribution in [0.5, 0.6) is 0 Å². The van der Waals surface area contributed by atoms with Gasteiger partial charge in [-0.25, -0.2) is 4.79 Å². The molecule has 0 aliphatic carbocycles. The Kier molecular flexibility index (Phi) is 6.10. The van der Waals surface area contributed by atoms with E-state index in [4.69, 9.17) is 9.15 Å². The van der Waals surface area contributed by atoms with Gasteiger partial charge >= 0.3 is 11.7 Å². The average Bonchev–Trinajstić information content (AvgIpc) is 2.94. The fraction of sp³-hybridized carbons (Fsp3) is 0.412. The predicted octanol–water partition coefficient (Wildman–Crippen LogP) is 1.21. The summed E-state index contributed by atoms with van der Waals surface area (Å²) in [6, 6.07) is 8.84. The summed E-state index contributed by atoms with van der Waals surface area (Å²) < 4.78 is 10.9. The second kappa shape index (κ2) is 8.27. The Bertz CT molecular complexity index is 779. The van der Waals surface area contributed by atoms with Crippen LogP contribution >= 0.6 is 0 Å². The van der Waals surface area contributed by atoms with Crippen molar-refractivity contribution in [3.05, 3.63) is 40.9 Å². The summed E-state index contributed by atoms with van der Waals surface area (Å²) in [6.45, 7) is 5.44. The number of hydrogen-bond acceptors (Lipinski definition) is 6. The van der Waals surface area contributed by atoms with Crippen molar-refractivity contribution in [3.63, 3.8) is 0 Å². The van der Waals surface area contributed by atoms with Gasteiger partial charge < -0.3 is 14.5 Å². The van der Waals surface area contributed by atoms with Crippen molar-refractivity contribution < 1.29 is 18.7 Å². The molecule has 0 saturated carbocycles. The third-order valence-electron chi connectivity index (χ3n) is 3.27. The van der Waals surface area contributed by atoms with Gasteiger partial charge in [0.25, 0.3) is 5.91 Å². The number of benzene rings is 1. The topological polar surface area (TPSA) is 103 Å². The van der Waals surface area contributed by atoms with Crippen LogP contribution in [-0.2, 0) is 20.9 Å². The van der Waals surface area contributed by atoms with Crippen LogP contribution < -0.4 is 11.1 Å². The number of carbonyl (C=O) groups is 2. The first kappa shape index (κ1) is 18.4. The van der Waals surface area contributed by atoms with Crippen molar-refractivity contribution in [1.29, 1.82) is 0 Å². The molecule has 8 heteroatoms. The number of ether oxygens (including phenoxy) is 1. The minimum atomic E-state index is -0.956. The zero-order chi connectivity index (χ0) is 18.4. The fourth-order valence-corrected chi connectivity index (χ4v) is 1.96. The van der Waals surface area contributed by atoms with Crippen molar-refractivity contribution in [3.8, 4) is 11.5 Å². The lowest BCUT2D eigenvalue weighted by atomic mass is 10.2. The van der Waals surface area contributed by atoms with Crippen LogP contribution in [0.15, 0.2) is 39.5 Å². The van der Waals surface area contributed by atoms with E-state index in [1.54, 1.807) is 24.3 Å². The highest BCUT2D eigenvalue weighted by atomic mass is 16.5. The summed E-state index contributed by atoms with van der Waals surface area (Å²) in [5, 5.41) is 6.64. The number of nitrogens with zero attached hydrogens (tertiary/aromatic N) is 2. The van der Waals surface area contributed by atoms with Crippen LogP contribution in [0.1, 0.15) is 20.8 Å². The molecule has 0 unspecified atom stereocenters. The lowest BCUT2D eigenvalue weighted by Crippen LogP contribution is -2.38. The van der Waals surface area contributed by atoms with Crippen molar-refractivity contribution in [2.75, 3.05) is 6.54 Å². The normalized spacial score (nSPS) is 12.0. The van der Waals surface area contributed by atoms with E-state index >= 15 is 0 Å². The van der Waals surface area contributed by atoms with Crippen LogP contribution in [0.2, 0.25) is 0 Å². The summed E-state index contributed by atoms with van der Waals surface area (Å²) in [6.07, 6.45) is -0.956. The van der Waals surface area contributed by atoms with Gasteiger partial charge in [0.15, 0.2) is 6.10 Å². The van der Waals surface area contributed by atoms with Crippen molar-refractivity contribution >= 4 is 11.9 Å². The highest BCUT2D eigenvalue weighted by Crippen LogP contribution is 2.13. The molecule has 1 aromatic heterocycles. The fourth-order valence-electron chi connectivity index (χ4n) is 1.96. The molecule has 1 heterocycles. The Balaban J connectivity index is 1.96. The Labute approximate surface area is 144 Å². The number of nitrogens with one attached hydrogen (secondary N) is 1. The lowest BCUT2D eigenvalue weighted by Gasteiger charge is -2.14. The first-order valence-electron chi connectivity index (χ1n) is 7.97. The van der Waals surface area contributed by atoms with Gasteiger partial charge in [-0.2, -0.15) is 4.68 Å². The van der Waals surface area contributed by atoms with Gasteiger partial charge in [0.1, 0.15) is 6.54 Å². The summed E-state index contributed by atoms with van der Waals surface area (Å²) in [7, 11) is 0. The largest absolute Gasteiger partial charge is 0.451 e. The SMILES string of the molecule is CC(C)CNC(=O)[C@@H](C)OC(=O)Cn1nc(-c2ccccc2)oc1=O. The molecule has 0 aliphatic heterocycles. The Morgan fingerprint density at radius 3 is 2.56 bits per heavy atom. The molecule has 0 radical (unpaired) electrons. The van der Waals surface area contributed by atoms with E-state index in [1.807, 2.05) is 19.9 Å². The maximum Gasteiger partial charge on any atom is 0.437 e. The molecular formula is C17H21N3O5. The monoisotopic (exact) mass is 347 g/mol. The van der Waals surface area contributed by atoms with Gasteiger partial charge in [0.2, 0.25) is 5.89 Å². The van der Waals surface area contributed by atoms with Gasteiger partial charge in [-0.1, -0.05) is 32.0 Å². The van der Waals surface area contributed by atoms with Gasteiger partial charge in [-0.05, 0) is 25.0 Å². The standard InChI is InChI=1S/C17H21N3O5/c1-11(2)9-18-15(22)12(3)24-14(21)10-20-17(23)25-16(19-20)13-7-5-4-6-8-13/h4-8,11-12H,9-10H2,1-3H3,(H,18,22)/t12-/m1/s1. The minimum Gasteiger partial charge on any atom is -0.451 e. The highest BCUT2D eigenvalue weighted by Gasteiger charge is 2.20. The maximum absolute atomic E-state index is 11.9. The summed E-state index contributed by atoms with van der Waals surface area (Å²) >= 11 is 0. The van der Waals surface area contributed by atoms with Gasteiger partial charge in [-0.3, -0.25) is 9.59 Å². The van der Waals surface area contributed by atoms with E-state index in [0.717, 1.165) is 4.68 Å². The molecule has 2 rings (SSSR count). The van der Waals surface area contributed by atoms with E-state index in [2.05, 4.69) is 10.4 Å². The van der Waals surface area contributed by atoms with E-state index in [9.17, 15) is 14.4 Å². The zero-order valence-corrected chi connectivity index (χ0v) is 14.4. The van der Waals surface area contributed by atoms with Crippen LogP contribution in [0, 0.1) is 5.92 Å². The molecule has 1 aromatic carbocycles. The molecule has 25 heavy (non-hydrogen) atoms. The molecule has 1 atom stereocenters. The smallest absolute Gasteiger partial charge is 0.437 e. The average molecular weight is 347 g/mol. The molecule has 8 nitrogen and oxygen atoms in total. The van der Waals surface area contributed by atoms with Crippen LogP contribution in [0.3, 0.4) is 0 Å². The Morgan fingerprint density at radius 1 is 1.24 bits per heavy atom. The lowest BCUT2D eigenvalue weighted by molar-refractivity contribution is -0.155. The molecule has 1 N–H and O–H groups in total. The first-order valence-corrected chi connectivity index (χ1v) is 7.97. The third kappa shape index (κ3) is 5.30. The van der Waals surface area contributed by atoms with E-state index in [-0.39, 0.29) is 17.7 Å². The number of carbonyl (C=O) groups excluding carboxylic acids is 2. The molecule has 1 amide bonds. The van der Waals surface area contributed by atoms with Crippen LogP contribution in [-0.4, -0.2) is 34.3 Å². The molecule has 2 aromatic rings. The summed E-state index contributed by atoms with van der Waals surface area (Å²) in [5.41, 5.74) is 0.619. The number of rotatable bonds is 7. The second-order valence-corrected chi connectivity index (χ2v) is 5.97. The van der Waals surface area contributed by atoms with Gasteiger partial charge in [-0.15, -0.1) is 5.10 Å².